The predicted molar refractivity (Wildman–Crippen MR) is 74.4 cm³/mol. The van der Waals surface area contributed by atoms with Gasteiger partial charge in [-0.05, 0) is 51.0 Å². The smallest absolute Gasteiger partial charge is 0.319 e. The fourth-order valence-corrected chi connectivity index (χ4v) is 1.56. The van der Waals surface area contributed by atoms with Gasteiger partial charge < -0.3 is 15.7 Å². The Hall–Kier alpha value is -1.88. The van der Waals surface area contributed by atoms with Gasteiger partial charge >= 0.3 is 6.03 Å². The summed E-state index contributed by atoms with van der Waals surface area (Å²) in [4.78, 5) is 22.6. The molecule has 0 heterocycles. The second kappa shape index (κ2) is 7.53. The van der Waals surface area contributed by atoms with E-state index in [1.165, 1.54) is 6.92 Å². The standard InChI is InChI=1S/C14H20N2O3/c1-10(17)4-3-9-15-14(19)16-13-7-5-12(6-8-13)11(2)18/h5-8,10,17H,3-4,9H2,1-2H3,(H2,15,16,19). The van der Waals surface area contributed by atoms with Crippen molar-refractivity contribution in [2.75, 3.05) is 11.9 Å². The third kappa shape index (κ3) is 6.01. The molecule has 0 bridgehead atoms. The first-order valence-electron chi connectivity index (χ1n) is 6.33. The van der Waals surface area contributed by atoms with Crippen molar-refractivity contribution in [2.45, 2.75) is 32.8 Å². The lowest BCUT2D eigenvalue weighted by molar-refractivity contribution is 0.101. The maximum absolute atomic E-state index is 11.5. The second-order valence-electron chi connectivity index (χ2n) is 4.51. The SMILES string of the molecule is CC(=O)c1ccc(NC(=O)NCCCC(C)O)cc1. The number of ketones is 1. The van der Waals surface area contributed by atoms with Crippen LogP contribution in [0, 0.1) is 0 Å². The molecule has 0 aliphatic rings. The third-order valence-electron chi connectivity index (χ3n) is 2.63. The molecule has 19 heavy (non-hydrogen) atoms. The van der Waals surface area contributed by atoms with Crippen LogP contribution in [-0.2, 0) is 0 Å². The number of benzene rings is 1. The highest BCUT2D eigenvalue weighted by Gasteiger charge is 2.03. The summed E-state index contributed by atoms with van der Waals surface area (Å²) in [5, 5.41) is 14.4. The van der Waals surface area contributed by atoms with Gasteiger partial charge in [-0.15, -0.1) is 0 Å². The molecule has 0 aromatic heterocycles. The quantitative estimate of drug-likeness (QED) is 0.544. The number of Topliss-reactive ketones (excluding diaryl/α,β-unsaturated/α-hetero) is 1. The molecule has 5 heteroatoms. The van der Waals surface area contributed by atoms with Crippen molar-refractivity contribution in [1.29, 1.82) is 0 Å². The number of urea groups is 1. The Kier molecular flexibility index (Phi) is 6.02. The van der Waals surface area contributed by atoms with Gasteiger partial charge in [0.05, 0.1) is 6.10 Å². The van der Waals surface area contributed by atoms with Crippen molar-refractivity contribution in [3.8, 4) is 0 Å². The molecule has 0 aliphatic heterocycles. The van der Waals surface area contributed by atoms with Gasteiger partial charge in [0.15, 0.2) is 5.78 Å². The summed E-state index contributed by atoms with van der Waals surface area (Å²) < 4.78 is 0. The van der Waals surface area contributed by atoms with Crippen LogP contribution in [-0.4, -0.2) is 29.6 Å². The van der Waals surface area contributed by atoms with Crippen LogP contribution in [0.1, 0.15) is 37.0 Å². The van der Waals surface area contributed by atoms with E-state index < -0.39 is 0 Å². The van der Waals surface area contributed by atoms with Gasteiger partial charge in [-0.1, -0.05) is 0 Å². The van der Waals surface area contributed by atoms with Gasteiger partial charge in [-0.2, -0.15) is 0 Å². The zero-order valence-electron chi connectivity index (χ0n) is 11.3. The van der Waals surface area contributed by atoms with E-state index in [1.54, 1.807) is 31.2 Å². The van der Waals surface area contributed by atoms with Crippen molar-refractivity contribution in [3.63, 3.8) is 0 Å². The zero-order chi connectivity index (χ0) is 14.3. The lowest BCUT2D eigenvalue weighted by atomic mass is 10.1. The number of hydrogen-bond donors (Lipinski definition) is 3. The first-order chi connectivity index (χ1) is 8.99. The molecule has 5 nitrogen and oxygen atoms in total. The van der Waals surface area contributed by atoms with Crippen LogP contribution in [0.15, 0.2) is 24.3 Å². The van der Waals surface area contributed by atoms with Gasteiger partial charge in [-0.3, -0.25) is 4.79 Å². The van der Waals surface area contributed by atoms with E-state index in [4.69, 9.17) is 5.11 Å². The van der Waals surface area contributed by atoms with Crippen molar-refractivity contribution in [3.05, 3.63) is 29.8 Å². The first kappa shape index (κ1) is 15.2. The highest BCUT2D eigenvalue weighted by atomic mass is 16.3. The summed E-state index contributed by atoms with van der Waals surface area (Å²) in [6, 6.07) is 6.43. The maximum atomic E-state index is 11.5. The molecule has 1 rings (SSSR count). The molecule has 3 N–H and O–H groups in total. The van der Waals surface area contributed by atoms with Crippen molar-refractivity contribution >= 4 is 17.5 Å². The number of nitrogens with one attached hydrogen (secondary N) is 2. The number of carbonyl (C=O) groups is 2. The number of aliphatic hydroxyl groups is 1. The van der Waals surface area contributed by atoms with Gasteiger partial charge in [0.1, 0.15) is 0 Å². The number of aliphatic hydroxyl groups excluding tert-OH is 1. The third-order valence-corrected chi connectivity index (χ3v) is 2.63. The highest BCUT2D eigenvalue weighted by molar-refractivity contribution is 5.95. The maximum Gasteiger partial charge on any atom is 0.319 e. The topological polar surface area (TPSA) is 78.4 Å². The number of amides is 2. The Morgan fingerprint density at radius 1 is 1.26 bits per heavy atom. The van der Waals surface area contributed by atoms with Crippen LogP contribution >= 0.6 is 0 Å². The monoisotopic (exact) mass is 264 g/mol. The minimum Gasteiger partial charge on any atom is -0.393 e. The number of rotatable bonds is 6. The molecule has 104 valence electrons. The van der Waals surface area contributed by atoms with Gasteiger partial charge in [-0.25, -0.2) is 4.79 Å². The van der Waals surface area contributed by atoms with E-state index in [-0.39, 0.29) is 17.9 Å². The zero-order valence-corrected chi connectivity index (χ0v) is 11.3. The lowest BCUT2D eigenvalue weighted by Crippen LogP contribution is -2.29. The number of anilines is 1. The summed E-state index contributed by atoms with van der Waals surface area (Å²) in [5.74, 6) is -0.00544. The Bertz CT molecular complexity index is 427. The molecule has 0 fully saturated rings. The molecule has 0 spiro atoms. The fourth-order valence-electron chi connectivity index (χ4n) is 1.56. The average Bonchev–Trinajstić information content (AvgIpc) is 2.35. The summed E-state index contributed by atoms with van der Waals surface area (Å²) in [5.41, 5.74) is 1.25. The normalized spacial score (nSPS) is 11.7. The molecule has 1 atom stereocenters. The second-order valence-corrected chi connectivity index (χ2v) is 4.51. The summed E-state index contributed by atoms with van der Waals surface area (Å²) >= 11 is 0. The van der Waals surface area contributed by atoms with Crippen LogP contribution in [0.4, 0.5) is 10.5 Å². The number of hydrogen-bond acceptors (Lipinski definition) is 3. The Morgan fingerprint density at radius 2 is 1.89 bits per heavy atom. The van der Waals surface area contributed by atoms with Gasteiger partial charge in [0.2, 0.25) is 0 Å². The molecule has 1 aromatic carbocycles. The minimum atomic E-state index is -0.344. The van der Waals surface area contributed by atoms with Crippen molar-refractivity contribution in [2.24, 2.45) is 0 Å². The molecule has 0 radical (unpaired) electrons. The van der Waals surface area contributed by atoms with E-state index in [9.17, 15) is 9.59 Å². The van der Waals surface area contributed by atoms with Crippen molar-refractivity contribution in [1.82, 2.24) is 5.32 Å². The molecular weight excluding hydrogens is 244 g/mol. The van der Waals surface area contributed by atoms with Gasteiger partial charge in [0.25, 0.3) is 0 Å². The van der Waals surface area contributed by atoms with E-state index in [1.807, 2.05) is 0 Å². The number of carbonyl (C=O) groups excluding carboxylic acids is 2. The fraction of sp³-hybridized carbons (Fsp3) is 0.429. The molecule has 1 aromatic rings. The summed E-state index contributed by atoms with van der Waals surface area (Å²) in [6.45, 7) is 3.73. The van der Waals surface area contributed by atoms with E-state index in [0.717, 1.165) is 6.42 Å². The van der Waals surface area contributed by atoms with E-state index >= 15 is 0 Å². The van der Waals surface area contributed by atoms with E-state index in [0.29, 0.717) is 24.2 Å². The van der Waals surface area contributed by atoms with Crippen LogP contribution in [0.2, 0.25) is 0 Å². The molecule has 1 unspecified atom stereocenters. The van der Waals surface area contributed by atoms with E-state index in [2.05, 4.69) is 10.6 Å². The molecule has 0 saturated carbocycles. The molecular formula is C14H20N2O3. The lowest BCUT2D eigenvalue weighted by Gasteiger charge is -2.08. The average molecular weight is 264 g/mol. The van der Waals surface area contributed by atoms with Crippen LogP contribution in [0.3, 0.4) is 0 Å². The Labute approximate surface area is 113 Å². The van der Waals surface area contributed by atoms with Crippen LogP contribution in [0.5, 0.6) is 0 Å². The highest BCUT2D eigenvalue weighted by Crippen LogP contribution is 2.09. The summed E-state index contributed by atoms with van der Waals surface area (Å²) in [7, 11) is 0. The molecule has 0 aliphatic carbocycles. The molecule has 2 amide bonds. The van der Waals surface area contributed by atoms with Crippen LogP contribution < -0.4 is 10.6 Å². The van der Waals surface area contributed by atoms with Crippen LogP contribution in [0.25, 0.3) is 0 Å². The Morgan fingerprint density at radius 3 is 2.42 bits per heavy atom. The predicted octanol–water partition coefficient (Wildman–Crippen LogP) is 2.17. The largest absolute Gasteiger partial charge is 0.393 e. The first-order valence-corrected chi connectivity index (χ1v) is 6.33. The molecule has 0 saturated heterocycles. The Balaban J connectivity index is 2.34. The summed E-state index contributed by atoms with van der Waals surface area (Å²) in [6.07, 6.45) is 1.05. The minimum absolute atomic E-state index is 0.00544. The van der Waals surface area contributed by atoms with Crippen molar-refractivity contribution < 1.29 is 14.7 Å². The van der Waals surface area contributed by atoms with Gasteiger partial charge in [0, 0.05) is 17.8 Å².